The minimum Gasteiger partial charge on any atom is -0.380 e. The molecule has 0 saturated carbocycles. The van der Waals surface area contributed by atoms with Crippen LogP contribution in [0.15, 0.2) is 18.2 Å². The average molecular weight is 315 g/mol. The summed E-state index contributed by atoms with van der Waals surface area (Å²) >= 11 is 5.68. The van der Waals surface area contributed by atoms with Gasteiger partial charge in [-0.25, -0.2) is 4.39 Å². The van der Waals surface area contributed by atoms with E-state index in [-0.39, 0.29) is 29.4 Å². The molecule has 1 aliphatic rings. The van der Waals surface area contributed by atoms with Gasteiger partial charge in [0.15, 0.2) is 0 Å². The lowest BCUT2D eigenvalue weighted by molar-refractivity contribution is -0.120. The zero-order chi connectivity index (χ0) is 15.3. The van der Waals surface area contributed by atoms with Gasteiger partial charge in [0.25, 0.3) is 0 Å². The molecule has 6 heteroatoms. The van der Waals surface area contributed by atoms with E-state index < -0.39 is 5.82 Å². The van der Waals surface area contributed by atoms with E-state index in [0.717, 1.165) is 26.2 Å². The third kappa shape index (κ3) is 4.66. The Morgan fingerprint density at radius 3 is 2.90 bits per heavy atom. The highest BCUT2D eigenvalue weighted by atomic mass is 35.5. The number of hydrogen-bond acceptors (Lipinski definition) is 3. The molecule has 2 N–H and O–H groups in total. The van der Waals surface area contributed by atoms with Gasteiger partial charge in [-0.05, 0) is 19.0 Å². The second-order valence-corrected chi connectivity index (χ2v) is 6.13. The van der Waals surface area contributed by atoms with E-state index in [1.807, 2.05) is 0 Å². The molecule has 0 atom stereocenters. The number of halogens is 2. The third-order valence-electron chi connectivity index (χ3n) is 3.60. The smallest absolute Gasteiger partial charge is 0.234 e. The van der Waals surface area contributed by atoms with E-state index in [0.29, 0.717) is 5.56 Å². The van der Waals surface area contributed by atoms with Crippen LogP contribution in [0.1, 0.15) is 18.9 Å². The summed E-state index contributed by atoms with van der Waals surface area (Å²) in [5, 5.41) is 5.82. The number of benzene rings is 1. The monoisotopic (exact) mass is 314 g/mol. The molecule has 1 aromatic rings. The van der Waals surface area contributed by atoms with Crippen LogP contribution < -0.4 is 10.6 Å². The molecule has 4 nitrogen and oxygen atoms in total. The van der Waals surface area contributed by atoms with Crippen LogP contribution in [0.4, 0.5) is 4.39 Å². The Kier molecular flexibility index (Phi) is 5.56. The first-order chi connectivity index (χ1) is 10.0. The molecule has 116 valence electrons. The summed E-state index contributed by atoms with van der Waals surface area (Å²) in [6.07, 6.45) is 0.975. The first-order valence-electron chi connectivity index (χ1n) is 6.98. The number of nitrogens with one attached hydrogen (secondary N) is 2. The van der Waals surface area contributed by atoms with Crippen molar-refractivity contribution in [1.82, 2.24) is 10.6 Å². The molecule has 0 unspecified atom stereocenters. The van der Waals surface area contributed by atoms with E-state index in [1.165, 1.54) is 6.07 Å². The molecule has 1 fully saturated rings. The van der Waals surface area contributed by atoms with Gasteiger partial charge in [-0.1, -0.05) is 30.7 Å². The topological polar surface area (TPSA) is 50.4 Å². The molecule has 1 heterocycles. The van der Waals surface area contributed by atoms with Crippen molar-refractivity contribution in [2.24, 2.45) is 5.41 Å². The zero-order valence-corrected chi connectivity index (χ0v) is 12.8. The first kappa shape index (κ1) is 16.2. The van der Waals surface area contributed by atoms with Crippen LogP contribution in [-0.2, 0) is 16.1 Å². The predicted octanol–water partition coefficient (Wildman–Crippen LogP) is 2.11. The van der Waals surface area contributed by atoms with Crippen LogP contribution in [0.25, 0.3) is 0 Å². The van der Waals surface area contributed by atoms with Gasteiger partial charge >= 0.3 is 0 Å². The Morgan fingerprint density at radius 1 is 1.48 bits per heavy atom. The number of ether oxygens (including phenoxy) is 1. The molecule has 2 rings (SSSR count). The lowest BCUT2D eigenvalue weighted by atomic mass is 9.85. The molecular formula is C15H20ClFN2O2. The maximum Gasteiger partial charge on any atom is 0.234 e. The Bertz CT molecular complexity index is 506. The van der Waals surface area contributed by atoms with Crippen LogP contribution in [0, 0.1) is 11.2 Å². The molecule has 0 spiro atoms. The largest absolute Gasteiger partial charge is 0.380 e. The first-order valence-corrected chi connectivity index (χ1v) is 7.36. The second-order valence-electron chi connectivity index (χ2n) is 5.72. The quantitative estimate of drug-likeness (QED) is 0.758. The second kappa shape index (κ2) is 7.20. The van der Waals surface area contributed by atoms with Crippen LogP contribution >= 0.6 is 11.6 Å². The van der Waals surface area contributed by atoms with Gasteiger partial charge in [-0.15, -0.1) is 0 Å². The fourth-order valence-corrected chi connectivity index (χ4v) is 2.32. The van der Waals surface area contributed by atoms with Gasteiger partial charge in [-0.2, -0.15) is 0 Å². The lowest BCUT2D eigenvalue weighted by Crippen LogP contribution is -2.43. The summed E-state index contributed by atoms with van der Waals surface area (Å²) in [7, 11) is 0. The number of rotatable bonds is 7. The normalized spacial score (nSPS) is 16.3. The van der Waals surface area contributed by atoms with Crippen molar-refractivity contribution in [2.75, 3.05) is 26.3 Å². The van der Waals surface area contributed by atoms with Gasteiger partial charge in [-0.3, -0.25) is 4.79 Å². The Morgan fingerprint density at radius 2 is 2.24 bits per heavy atom. The van der Waals surface area contributed by atoms with E-state index in [9.17, 15) is 9.18 Å². The molecule has 1 aromatic carbocycles. The Balaban J connectivity index is 1.64. The standard InChI is InChI=1S/C15H20ClFN2O2/c1-15(9-21-10-15)5-6-18-8-13(20)19-7-11-3-2-4-12(16)14(11)17/h2-4,18H,5-10H2,1H3,(H,19,20). The average Bonchev–Trinajstić information content (AvgIpc) is 2.43. The number of carbonyl (C=O) groups is 1. The summed E-state index contributed by atoms with van der Waals surface area (Å²) in [6, 6.07) is 4.74. The van der Waals surface area contributed by atoms with E-state index in [4.69, 9.17) is 16.3 Å². The van der Waals surface area contributed by atoms with Crippen molar-refractivity contribution in [3.05, 3.63) is 34.6 Å². The summed E-state index contributed by atoms with van der Waals surface area (Å²) in [5.74, 6) is -0.644. The number of amides is 1. The maximum absolute atomic E-state index is 13.6. The zero-order valence-electron chi connectivity index (χ0n) is 12.0. The van der Waals surface area contributed by atoms with E-state index in [2.05, 4.69) is 17.6 Å². The molecular weight excluding hydrogens is 295 g/mol. The molecule has 21 heavy (non-hydrogen) atoms. The van der Waals surface area contributed by atoms with Crippen LogP contribution in [0.3, 0.4) is 0 Å². The van der Waals surface area contributed by atoms with Gasteiger partial charge in [0.05, 0.1) is 24.8 Å². The molecule has 0 aromatic heterocycles. The van der Waals surface area contributed by atoms with E-state index >= 15 is 0 Å². The maximum atomic E-state index is 13.6. The van der Waals surface area contributed by atoms with Crippen LogP contribution in [-0.4, -0.2) is 32.2 Å². The Labute approximate surface area is 129 Å². The van der Waals surface area contributed by atoms with Crippen LogP contribution in [0.2, 0.25) is 5.02 Å². The SMILES string of the molecule is CC1(CCNCC(=O)NCc2cccc(Cl)c2F)COC1. The van der Waals surface area contributed by atoms with Crippen molar-refractivity contribution in [1.29, 1.82) is 0 Å². The van der Waals surface area contributed by atoms with Crippen molar-refractivity contribution in [3.8, 4) is 0 Å². The fraction of sp³-hybridized carbons (Fsp3) is 0.533. The summed E-state index contributed by atoms with van der Waals surface area (Å²) in [5.41, 5.74) is 0.628. The van der Waals surface area contributed by atoms with Gasteiger partial charge in [0.1, 0.15) is 5.82 Å². The minimum atomic E-state index is -0.481. The lowest BCUT2D eigenvalue weighted by Gasteiger charge is -2.38. The highest BCUT2D eigenvalue weighted by molar-refractivity contribution is 6.30. The van der Waals surface area contributed by atoms with Gasteiger partial charge < -0.3 is 15.4 Å². The number of hydrogen-bond donors (Lipinski definition) is 2. The highest BCUT2D eigenvalue weighted by Gasteiger charge is 2.32. The molecule has 1 amide bonds. The number of carbonyl (C=O) groups excluding carboxylic acids is 1. The summed E-state index contributed by atoms with van der Waals surface area (Å²) in [6.45, 7) is 4.86. The molecule has 0 radical (unpaired) electrons. The van der Waals surface area contributed by atoms with E-state index in [1.54, 1.807) is 12.1 Å². The third-order valence-corrected chi connectivity index (χ3v) is 3.89. The molecule has 0 aliphatic carbocycles. The van der Waals surface area contributed by atoms with Crippen molar-refractivity contribution in [2.45, 2.75) is 19.9 Å². The Hall–Kier alpha value is -1.17. The van der Waals surface area contributed by atoms with Crippen LogP contribution in [0.5, 0.6) is 0 Å². The van der Waals surface area contributed by atoms with Gasteiger partial charge in [0.2, 0.25) is 5.91 Å². The predicted molar refractivity (Wildman–Crippen MR) is 79.7 cm³/mol. The molecule has 0 bridgehead atoms. The summed E-state index contributed by atoms with van der Waals surface area (Å²) < 4.78 is 18.8. The van der Waals surface area contributed by atoms with Crippen molar-refractivity contribution < 1.29 is 13.9 Å². The van der Waals surface area contributed by atoms with Gasteiger partial charge in [0, 0.05) is 17.5 Å². The highest BCUT2D eigenvalue weighted by Crippen LogP contribution is 2.29. The minimum absolute atomic E-state index is 0.0656. The van der Waals surface area contributed by atoms with Crippen molar-refractivity contribution in [3.63, 3.8) is 0 Å². The molecule has 1 aliphatic heterocycles. The summed E-state index contributed by atoms with van der Waals surface area (Å²) in [4.78, 5) is 11.7. The van der Waals surface area contributed by atoms with Crippen molar-refractivity contribution >= 4 is 17.5 Å². The molecule has 1 saturated heterocycles. The fourth-order valence-electron chi connectivity index (χ4n) is 2.13.